The molecule has 0 saturated carbocycles. The summed E-state index contributed by atoms with van der Waals surface area (Å²) in [6.45, 7) is 3.19. The molecule has 4 rings (SSSR count). The number of urea groups is 1. The van der Waals surface area contributed by atoms with E-state index in [0.29, 0.717) is 12.1 Å². The van der Waals surface area contributed by atoms with E-state index in [0.717, 1.165) is 5.56 Å². The zero-order valence-electron chi connectivity index (χ0n) is 20.6. The molecule has 0 saturated heterocycles. The maximum atomic E-state index is 13.4. The zero-order valence-corrected chi connectivity index (χ0v) is 21.4. The smallest absolute Gasteiger partial charge is 0.342 e. The van der Waals surface area contributed by atoms with Gasteiger partial charge in [0.1, 0.15) is 17.9 Å². The third-order valence-corrected chi connectivity index (χ3v) is 7.85. The highest BCUT2D eigenvalue weighted by Crippen LogP contribution is 2.34. The quantitative estimate of drug-likeness (QED) is 0.496. The van der Waals surface area contributed by atoms with Crippen molar-refractivity contribution in [1.82, 2.24) is 10.6 Å². The molecule has 2 aliphatic rings. The van der Waals surface area contributed by atoms with Crippen LogP contribution in [-0.4, -0.2) is 59.3 Å². The van der Waals surface area contributed by atoms with E-state index in [1.165, 1.54) is 29.6 Å². The van der Waals surface area contributed by atoms with Crippen molar-refractivity contribution in [1.29, 1.82) is 0 Å². The summed E-state index contributed by atoms with van der Waals surface area (Å²) >= 11 is 0. The number of esters is 2. The molecule has 11 nitrogen and oxygen atoms in total. The average Bonchev–Trinajstić information content (AvgIpc) is 3.31. The lowest BCUT2D eigenvalue weighted by molar-refractivity contribution is -0.139. The lowest BCUT2D eigenvalue weighted by Gasteiger charge is -2.26. The van der Waals surface area contributed by atoms with Crippen molar-refractivity contribution in [2.45, 2.75) is 31.2 Å². The first-order valence-corrected chi connectivity index (χ1v) is 13.0. The molecule has 0 radical (unpaired) electrons. The number of carbonyl (C=O) groups excluding carboxylic acids is 3. The Bertz CT molecular complexity index is 1390. The summed E-state index contributed by atoms with van der Waals surface area (Å²) in [7, 11) is -2.63. The second kappa shape index (κ2) is 10.5. The first kappa shape index (κ1) is 26.0. The molecule has 2 heterocycles. The Morgan fingerprint density at radius 2 is 1.86 bits per heavy atom. The van der Waals surface area contributed by atoms with Gasteiger partial charge in [0.25, 0.3) is 10.0 Å². The van der Waals surface area contributed by atoms with E-state index < -0.39 is 40.6 Å². The number of carbonyl (C=O) groups is 3. The lowest BCUT2D eigenvalue weighted by Crippen LogP contribution is -2.50. The van der Waals surface area contributed by atoms with E-state index in [2.05, 4.69) is 10.6 Å². The van der Waals surface area contributed by atoms with Gasteiger partial charge >= 0.3 is 18.0 Å². The molecule has 0 spiro atoms. The minimum atomic E-state index is -3.98. The monoisotopic (exact) mass is 529 g/mol. The van der Waals surface area contributed by atoms with Crippen LogP contribution in [0.5, 0.6) is 5.75 Å². The van der Waals surface area contributed by atoms with E-state index in [9.17, 15) is 22.8 Å². The highest BCUT2D eigenvalue weighted by atomic mass is 32.2. The summed E-state index contributed by atoms with van der Waals surface area (Å²) in [5.74, 6) is -1.45. The number of hydrogen-bond acceptors (Lipinski definition) is 8. The molecular weight excluding hydrogens is 502 g/mol. The van der Waals surface area contributed by atoms with Crippen molar-refractivity contribution in [3.8, 4) is 5.75 Å². The summed E-state index contributed by atoms with van der Waals surface area (Å²) in [5.41, 5.74) is 1.58. The molecule has 12 heteroatoms. The number of benzene rings is 2. The zero-order chi connectivity index (χ0) is 26.7. The first-order chi connectivity index (χ1) is 17.7. The average molecular weight is 530 g/mol. The number of fused-ring (bicyclic) bond motifs is 1. The normalized spacial score (nSPS) is 17.0. The maximum absolute atomic E-state index is 13.4. The molecule has 0 bridgehead atoms. The summed E-state index contributed by atoms with van der Waals surface area (Å²) in [4.78, 5) is 37.3. The van der Waals surface area contributed by atoms with Gasteiger partial charge in [-0.05, 0) is 50.1 Å². The van der Waals surface area contributed by atoms with Crippen LogP contribution in [0, 0.1) is 0 Å². The van der Waals surface area contributed by atoms with Crippen molar-refractivity contribution < 1.29 is 37.0 Å². The van der Waals surface area contributed by atoms with E-state index in [1.54, 1.807) is 26.0 Å². The van der Waals surface area contributed by atoms with Crippen molar-refractivity contribution >= 4 is 33.7 Å². The van der Waals surface area contributed by atoms with Gasteiger partial charge in [-0.2, -0.15) is 0 Å². The summed E-state index contributed by atoms with van der Waals surface area (Å²) < 4.78 is 43.9. The largest absolute Gasteiger partial charge is 0.496 e. The number of para-hydroxylation sites is 1. The minimum Gasteiger partial charge on any atom is -0.496 e. The van der Waals surface area contributed by atoms with E-state index in [-0.39, 0.29) is 40.6 Å². The van der Waals surface area contributed by atoms with Crippen LogP contribution in [0.3, 0.4) is 0 Å². The standard InChI is InChI=1S/C25H27N3O8S/c1-4-35-24(30)22-15(2)26-25(31)27-19(22)14-36-23(29)18-13-17(9-10-21(18)34-3)37(32,33)28-12-11-16-7-5-6-8-20(16)28/h5-10,13,15H,4,11-12,14H2,1-3H3,(H2,26,27,31)/t15-/m0/s1. The van der Waals surface area contributed by atoms with E-state index >= 15 is 0 Å². The second-order valence-corrected chi connectivity index (χ2v) is 10.2. The van der Waals surface area contributed by atoms with E-state index in [4.69, 9.17) is 14.2 Å². The molecule has 2 aromatic carbocycles. The van der Waals surface area contributed by atoms with Crippen molar-refractivity contribution in [2.75, 3.05) is 31.2 Å². The van der Waals surface area contributed by atoms with Crippen LogP contribution >= 0.6 is 0 Å². The highest BCUT2D eigenvalue weighted by molar-refractivity contribution is 7.92. The van der Waals surface area contributed by atoms with Gasteiger partial charge in [0.2, 0.25) is 0 Å². The molecule has 0 unspecified atom stereocenters. The van der Waals surface area contributed by atoms with Crippen LogP contribution in [0.25, 0.3) is 0 Å². The Morgan fingerprint density at radius 3 is 2.59 bits per heavy atom. The Labute approximate surface area is 214 Å². The van der Waals surface area contributed by atoms with Crippen molar-refractivity contribution in [2.24, 2.45) is 0 Å². The third kappa shape index (κ3) is 5.10. The molecule has 2 amide bonds. The summed E-state index contributed by atoms with van der Waals surface area (Å²) in [5, 5.41) is 5.02. The Hall–Kier alpha value is -4.06. The lowest BCUT2D eigenvalue weighted by atomic mass is 10.0. The number of methoxy groups -OCH3 is 1. The van der Waals surface area contributed by atoms with Crippen LogP contribution in [0.15, 0.2) is 58.6 Å². The Morgan fingerprint density at radius 1 is 1.11 bits per heavy atom. The van der Waals surface area contributed by atoms with Crippen LogP contribution in [0.1, 0.15) is 29.8 Å². The van der Waals surface area contributed by atoms with E-state index in [1.807, 2.05) is 12.1 Å². The minimum absolute atomic E-state index is 0.0690. The molecule has 1 atom stereocenters. The van der Waals surface area contributed by atoms with Gasteiger partial charge in [-0.15, -0.1) is 0 Å². The topological polar surface area (TPSA) is 140 Å². The summed E-state index contributed by atoms with van der Waals surface area (Å²) in [6.07, 6.45) is 0.581. The molecule has 0 aromatic heterocycles. The first-order valence-electron chi connectivity index (χ1n) is 11.6. The molecule has 2 aromatic rings. The Balaban J connectivity index is 1.61. The number of hydrogen-bond donors (Lipinski definition) is 2. The number of sulfonamides is 1. The molecule has 196 valence electrons. The van der Waals surface area contributed by atoms with Gasteiger partial charge in [0.05, 0.1) is 41.6 Å². The number of anilines is 1. The van der Waals surface area contributed by atoms with Gasteiger partial charge < -0.3 is 24.8 Å². The third-order valence-electron chi connectivity index (χ3n) is 6.04. The van der Waals surface area contributed by atoms with Crippen LogP contribution in [0.2, 0.25) is 0 Å². The molecule has 0 fully saturated rings. The van der Waals surface area contributed by atoms with Gasteiger partial charge in [0.15, 0.2) is 0 Å². The number of nitrogens with one attached hydrogen (secondary N) is 2. The van der Waals surface area contributed by atoms with Gasteiger partial charge in [-0.25, -0.2) is 22.8 Å². The predicted molar refractivity (Wildman–Crippen MR) is 133 cm³/mol. The predicted octanol–water partition coefficient (Wildman–Crippen LogP) is 2.12. The molecule has 2 N–H and O–H groups in total. The highest BCUT2D eigenvalue weighted by Gasteiger charge is 2.33. The summed E-state index contributed by atoms with van der Waals surface area (Å²) in [6, 6.07) is 9.93. The fraction of sp³-hybridized carbons (Fsp3) is 0.320. The SMILES string of the molecule is CCOC(=O)C1=C(COC(=O)c2cc(S(=O)(=O)N3CCc4ccccc43)ccc2OC)NC(=O)N[C@H]1C. The maximum Gasteiger partial charge on any atom is 0.342 e. The number of ether oxygens (including phenoxy) is 3. The fourth-order valence-corrected chi connectivity index (χ4v) is 5.83. The molecule has 2 aliphatic heterocycles. The fourth-order valence-electron chi connectivity index (χ4n) is 4.30. The number of nitrogens with zero attached hydrogens (tertiary/aromatic N) is 1. The second-order valence-electron chi connectivity index (χ2n) is 8.33. The molecule has 0 aliphatic carbocycles. The van der Waals surface area contributed by atoms with Gasteiger partial charge in [-0.3, -0.25) is 4.31 Å². The van der Waals surface area contributed by atoms with Gasteiger partial charge in [0, 0.05) is 6.54 Å². The molecular formula is C25H27N3O8S. The number of amides is 2. The van der Waals surface area contributed by atoms with Crippen molar-refractivity contribution in [3.63, 3.8) is 0 Å². The molecule has 37 heavy (non-hydrogen) atoms. The van der Waals surface area contributed by atoms with Crippen LogP contribution < -0.4 is 19.7 Å². The van der Waals surface area contributed by atoms with Crippen LogP contribution in [-0.2, 0) is 30.7 Å². The van der Waals surface area contributed by atoms with Crippen LogP contribution in [0.4, 0.5) is 10.5 Å². The Kier molecular flexibility index (Phi) is 7.39. The van der Waals surface area contributed by atoms with Crippen molar-refractivity contribution in [3.05, 3.63) is 64.9 Å². The van der Waals surface area contributed by atoms with Gasteiger partial charge in [-0.1, -0.05) is 18.2 Å². The number of rotatable bonds is 8.